The number of aryl methyl sites for hydroxylation is 1. The predicted molar refractivity (Wildman–Crippen MR) is 131 cm³/mol. The molecule has 35 heavy (non-hydrogen) atoms. The van der Waals surface area contributed by atoms with E-state index in [0.717, 1.165) is 10.0 Å². The first-order valence-corrected chi connectivity index (χ1v) is 10.9. The van der Waals surface area contributed by atoms with Crippen LogP contribution in [0, 0.1) is 17.0 Å². The fraction of sp³-hybridized carbons (Fsp3) is 0.125. The topological polar surface area (TPSA) is 129 Å². The Hall–Kier alpha value is -4.25. The summed E-state index contributed by atoms with van der Waals surface area (Å²) < 4.78 is 16.8. The average Bonchev–Trinajstić information content (AvgIpc) is 2.84. The number of rotatable bonds is 9. The summed E-state index contributed by atoms with van der Waals surface area (Å²) in [5.41, 5.74) is 4.00. The average molecular weight is 542 g/mol. The van der Waals surface area contributed by atoms with E-state index < -0.39 is 16.8 Å². The van der Waals surface area contributed by atoms with Crippen LogP contribution in [0.2, 0.25) is 0 Å². The predicted octanol–water partition coefficient (Wildman–Crippen LogP) is 4.42. The monoisotopic (exact) mass is 541 g/mol. The lowest BCUT2D eigenvalue weighted by Crippen LogP contribution is -2.24. The van der Waals surface area contributed by atoms with E-state index in [2.05, 4.69) is 26.5 Å². The van der Waals surface area contributed by atoms with Crippen molar-refractivity contribution in [2.75, 3.05) is 13.7 Å². The van der Waals surface area contributed by atoms with Gasteiger partial charge < -0.3 is 14.2 Å². The number of nitrogens with zero attached hydrogens (tertiary/aromatic N) is 2. The number of benzene rings is 3. The molecule has 1 N–H and O–H groups in total. The third-order valence-electron chi connectivity index (χ3n) is 4.55. The molecular weight excluding hydrogens is 522 g/mol. The van der Waals surface area contributed by atoms with Gasteiger partial charge in [-0.3, -0.25) is 14.9 Å². The Labute approximate surface area is 208 Å². The van der Waals surface area contributed by atoms with Crippen LogP contribution in [-0.2, 0) is 4.79 Å². The van der Waals surface area contributed by atoms with Gasteiger partial charge in [0, 0.05) is 12.1 Å². The van der Waals surface area contributed by atoms with Gasteiger partial charge in [0.2, 0.25) is 0 Å². The summed E-state index contributed by atoms with van der Waals surface area (Å²) >= 11 is 3.38. The zero-order chi connectivity index (χ0) is 25.4. The highest BCUT2D eigenvalue weighted by Gasteiger charge is 2.14. The second-order valence-electron chi connectivity index (χ2n) is 7.12. The number of hydrazone groups is 1. The lowest BCUT2D eigenvalue weighted by Gasteiger charge is -2.10. The summed E-state index contributed by atoms with van der Waals surface area (Å²) in [5, 5.41) is 14.6. The van der Waals surface area contributed by atoms with Gasteiger partial charge in [-0.25, -0.2) is 10.2 Å². The molecule has 0 unspecified atom stereocenters. The van der Waals surface area contributed by atoms with Crippen molar-refractivity contribution in [1.29, 1.82) is 0 Å². The van der Waals surface area contributed by atoms with E-state index in [1.54, 1.807) is 18.2 Å². The van der Waals surface area contributed by atoms with E-state index >= 15 is 0 Å². The summed E-state index contributed by atoms with van der Waals surface area (Å²) in [4.78, 5) is 34.5. The second kappa shape index (κ2) is 11.7. The smallest absolute Gasteiger partial charge is 0.343 e. The highest BCUT2D eigenvalue weighted by atomic mass is 79.9. The van der Waals surface area contributed by atoms with Gasteiger partial charge in [0.25, 0.3) is 11.6 Å². The van der Waals surface area contributed by atoms with Crippen molar-refractivity contribution in [1.82, 2.24) is 5.43 Å². The lowest BCUT2D eigenvalue weighted by molar-refractivity contribution is -0.384. The minimum absolute atomic E-state index is 0.135. The highest BCUT2D eigenvalue weighted by molar-refractivity contribution is 9.10. The number of hydrogen-bond acceptors (Lipinski definition) is 8. The van der Waals surface area contributed by atoms with Crippen LogP contribution < -0.4 is 19.6 Å². The maximum atomic E-state index is 12.4. The van der Waals surface area contributed by atoms with Crippen molar-refractivity contribution in [3.8, 4) is 17.2 Å². The van der Waals surface area contributed by atoms with Gasteiger partial charge in [-0.05, 0) is 76.4 Å². The van der Waals surface area contributed by atoms with Crippen LogP contribution in [0.15, 0.2) is 70.2 Å². The molecule has 11 heteroatoms. The van der Waals surface area contributed by atoms with Crippen LogP contribution in [0.3, 0.4) is 0 Å². The highest BCUT2D eigenvalue weighted by Crippen LogP contribution is 2.29. The van der Waals surface area contributed by atoms with Crippen LogP contribution >= 0.6 is 15.9 Å². The van der Waals surface area contributed by atoms with Gasteiger partial charge >= 0.3 is 5.97 Å². The zero-order valence-electron chi connectivity index (χ0n) is 18.7. The second-order valence-corrected chi connectivity index (χ2v) is 7.97. The third-order valence-corrected chi connectivity index (χ3v) is 5.17. The molecule has 0 aromatic heterocycles. The Morgan fingerprint density at radius 3 is 2.43 bits per heavy atom. The van der Waals surface area contributed by atoms with Gasteiger partial charge in [0.05, 0.1) is 28.3 Å². The van der Waals surface area contributed by atoms with Crippen LogP contribution in [0.25, 0.3) is 0 Å². The first kappa shape index (κ1) is 25.4. The fourth-order valence-electron chi connectivity index (χ4n) is 2.80. The number of nitrogens with one attached hydrogen (secondary N) is 1. The molecule has 3 aromatic rings. The summed E-state index contributed by atoms with van der Waals surface area (Å²) in [6.45, 7) is 1.72. The van der Waals surface area contributed by atoms with Gasteiger partial charge in [-0.2, -0.15) is 5.10 Å². The van der Waals surface area contributed by atoms with E-state index in [1.165, 1.54) is 43.7 Å². The molecule has 0 bridgehead atoms. The minimum atomic E-state index is -0.702. The van der Waals surface area contributed by atoms with Crippen LogP contribution in [-0.4, -0.2) is 36.7 Å². The summed E-state index contributed by atoms with van der Waals surface area (Å²) in [6.07, 6.45) is 1.39. The molecule has 180 valence electrons. The first-order valence-electron chi connectivity index (χ1n) is 10.1. The molecule has 0 radical (unpaired) electrons. The third kappa shape index (κ3) is 7.11. The Morgan fingerprint density at radius 1 is 1.06 bits per heavy atom. The molecule has 0 saturated carbocycles. The fourth-order valence-corrected chi connectivity index (χ4v) is 3.41. The summed E-state index contributed by atoms with van der Waals surface area (Å²) in [7, 11) is 1.40. The number of methoxy groups -OCH3 is 1. The van der Waals surface area contributed by atoms with Crippen LogP contribution in [0.1, 0.15) is 21.5 Å². The molecule has 3 rings (SSSR count). The quantitative estimate of drug-likeness (QED) is 0.139. The number of esters is 1. The molecule has 0 atom stereocenters. The molecular formula is C24H20BrN3O7. The largest absolute Gasteiger partial charge is 0.493 e. The minimum Gasteiger partial charge on any atom is -0.493 e. The van der Waals surface area contributed by atoms with Crippen molar-refractivity contribution >= 4 is 39.7 Å². The molecule has 0 aliphatic rings. The molecule has 0 spiro atoms. The molecule has 3 aromatic carbocycles. The number of ether oxygens (including phenoxy) is 3. The van der Waals surface area contributed by atoms with E-state index in [1.807, 2.05) is 19.1 Å². The molecule has 0 aliphatic carbocycles. The molecule has 0 aliphatic heterocycles. The first-order chi connectivity index (χ1) is 16.8. The zero-order valence-corrected chi connectivity index (χ0v) is 20.3. The van der Waals surface area contributed by atoms with Crippen molar-refractivity contribution in [3.63, 3.8) is 0 Å². The van der Waals surface area contributed by atoms with Gasteiger partial charge in [-0.1, -0.05) is 6.07 Å². The van der Waals surface area contributed by atoms with Gasteiger partial charge in [0.1, 0.15) is 5.75 Å². The number of nitro groups is 1. The number of hydrogen-bond donors (Lipinski definition) is 1. The Balaban J connectivity index is 1.57. The van der Waals surface area contributed by atoms with E-state index in [4.69, 9.17) is 14.2 Å². The SMILES string of the molecule is COc1cc(/C=N\NC(=O)COc2ccc(C)cc2Br)ccc1OC(=O)c1ccc([N+](=O)[O-])cc1. The number of amides is 1. The molecule has 0 fully saturated rings. The van der Waals surface area contributed by atoms with Crippen LogP contribution in [0.5, 0.6) is 17.2 Å². The van der Waals surface area contributed by atoms with Crippen molar-refractivity contribution in [3.05, 3.63) is 91.9 Å². The number of halogens is 1. The number of carbonyl (C=O) groups is 2. The number of carbonyl (C=O) groups excluding carboxylic acids is 2. The maximum Gasteiger partial charge on any atom is 0.343 e. The lowest BCUT2D eigenvalue weighted by atomic mass is 10.2. The Morgan fingerprint density at radius 2 is 1.77 bits per heavy atom. The number of nitro benzene ring substituents is 1. The van der Waals surface area contributed by atoms with Crippen molar-refractivity contribution in [2.45, 2.75) is 6.92 Å². The normalized spacial score (nSPS) is 10.6. The Kier molecular flexibility index (Phi) is 8.52. The van der Waals surface area contributed by atoms with E-state index in [9.17, 15) is 19.7 Å². The van der Waals surface area contributed by atoms with Crippen molar-refractivity contribution in [2.24, 2.45) is 5.10 Å². The summed E-state index contributed by atoms with van der Waals surface area (Å²) in [5.74, 6) is -0.211. The van der Waals surface area contributed by atoms with Crippen molar-refractivity contribution < 1.29 is 28.7 Å². The molecule has 10 nitrogen and oxygen atoms in total. The standard InChI is InChI=1S/C24H20BrN3O7/c1-15-3-9-20(19(25)11-15)34-14-23(29)27-26-13-16-4-10-21(22(12-16)33-2)35-24(30)17-5-7-18(8-6-17)28(31)32/h3-13H,14H2,1-2H3,(H,27,29)/b26-13-. The summed E-state index contributed by atoms with van der Waals surface area (Å²) in [6, 6.07) is 15.2. The van der Waals surface area contributed by atoms with E-state index in [0.29, 0.717) is 11.3 Å². The maximum absolute atomic E-state index is 12.4. The van der Waals surface area contributed by atoms with E-state index in [-0.39, 0.29) is 29.4 Å². The molecule has 1 amide bonds. The molecule has 0 heterocycles. The van der Waals surface area contributed by atoms with Crippen LogP contribution in [0.4, 0.5) is 5.69 Å². The van der Waals surface area contributed by atoms with Gasteiger partial charge in [0.15, 0.2) is 18.1 Å². The number of non-ortho nitro benzene ring substituents is 1. The van der Waals surface area contributed by atoms with Gasteiger partial charge in [-0.15, -0.1) is 0 Å². The Bertz CT molecular complexity index is 1280. The molecule has 0 saturated heterocycles.